The normalized spacial score (nSPS) is 16.9. The van der Waals surface area contributed by atoms with Crippen molar-refractivity contribution >= 4 is 29.6 Å². The summed E-state index contributed by atoms with van der Waals surface area (Å²) in [4.78, 5) is 64.2. The summed E-state index contributed by atoms with van der Waals surface area (Å²) in [5.41, 5.74) is 12.8. The van der Waals surface area contributed by atoms with Crippen LogP contribution in [0.25, 0.3) is 0 Å². The molecule has 12 nitrogen and oxygen atoms in total. The summed E-state index contributed by atoms with van der Waals surface area (Å²) in [6, 6.07) is 10.7. The number of aliphatic carboxylic acids is 1. The summed E-state index contributed by atoms with van der Waals surface area (Å²) < 4.78 is 0. The molecule has 1 saturated heterocycles. The van der Waals surface area contributed by atoms with Crippen LogP contribution >= 0.6 is 0 Å². The Bertz CT molecular complexity index is 1210. The largest absolute Gasteiger partial charge is 0.508 e. The molecule has 0 saturated carbocycles. The SMILES string of the molecule is NC(=O)CCC(NC(=O)C(N)Cc1ccccc1)C(=O)N1CCCC1C(=O)NC(Cc1ccc(O)cc1)C(=O)O. The minimum Gasteiger partial charge on any atom is -0.508 e. The Kier molecular flexibility index (Phi) is 10.6. The van der Waals surface area contributed by atoms with E-state index in [4.69, 9.17) is 11.5 Å². The third-order valence-corrected chi connectivity index (χ3v) is 6.76. The molecule has 4 atom stereocenters. The van der Waals surface area contributed by atoms with E-state index in [1.807, 2.05) is 30.3 Å². The second-order valence-electron chi connectivity index (χ2n) is 9.82. The molecular weight excluding hydrogens is 518 g/mol. The van der Waals surface area contributed by atoms with Crippen molar-refractivity contribution in [3.05, 3.63) is 65.7 Å². The molecule has 3 rings (SSSR count). The number of primary amides is 1. The van der Waals surface area contributed by atoms with Gasteiger partial charge in [0.1, 0.15) is 23.9 Å². The van der Waals surface area contributed by atoms with Crippen molar-refractivity contribution in [2.45, 2.75) is 62.7 Å². The molecule has 1 fully saturated rings. The number of rotatable bonds is 13. The summed E-state index contributed by atoms with van der Waals surface area (Å²) >= 11 is 0. The van der Waals surface area contributed by atoms with Crippen LogP contribution in [0.1, 0.15) is 36.8 Å². The highest BCUT2D eigenvalue weighted by molar-refractivity contribution is 5.94. The molecule has 0 aromatic heterocycles. The molecule has 4 unspecified atom stereocenters. The standard InChI is InChI=1S/C28H35N5O7/c29-20(15-17-5-2-1-3-6-17)25(36)31-21(12-13-24(30)35)27(38)33-14-4-7-23(33)26(37)32-22(28(39)40)16-18-8-10-19(34)11-9-18/h1-3,5-6,8-11,20-23,34H,4,7,12-16,29H2,(H2,30,35)(H,31,36)(H,32,37)(H,39,40). The number of aromatic hydroxyl groups is 1. The Hall–Kier alpha value is -4.45. The Labute approximate surface area is 231 Å². The fourth-order valence-electron chi connectivity index (χ4n) is 4.62. The molecule has 2 aromatic carbocycles. The second kappa shape index (κ2) is 14.1. The van der Waals surface area contributed by atoms with Crippen LogP contribution in [-0.4, -0.2) is 75.4 Å². The lowest BCUT2D eigenvalue weighted by atomic mass is 10.0. The zero-order valence-electron chi connectivity index (χ0n) is 22.0. The summed E-state index contributed by atoms with van der Waals surface area (Å²) in [5, 5.41) is 24.2. The van der Waals surface area contributed by atoms with Gasteiger partial charge >= 0.3 is 5.97 Å². The number of carboxylic acids is 1. The zero-order valence-corrected chi connectivity index (χ0v) is 22.0. The number of phenolic OH excluding ortho intramolecular Hbond substituents is 1. The van der Waals surface area contributed by atoms with Crippen molar-refractivity contribution in [1.29, 1.82) is 0 Å². The molecule has 214 valence electrons. The fourth-order valence-corrected chi connectivity index (χ4v) is 4.62. The lowest BCUT2D eigenvalue weighted by Gasteiger charge is -2.30. The number of likely N-dealkylation sites (tertiary alicyclic amines) is 1. The number of hydrogen-bond acceptors (Lipinski definition) is 7. The molecule has 4 amide bonds. The van der Waals surface area contributed by atoms with Crippen LogP contribution in [0.15, 0.2) is 54.6 Å². The summed E-state index contributed by atoms with van der Waals surface area (Å²) in [6.45, 7) is 0.214. The number of nitrogens with one attached hydrogen (secondary N) is 2. The van der Waals surface area contributed by atoms with Crippen molar-refractivity contribution in [1.82, 2.24) is 15.5 Å². The second-order valence-corrected chi connectivity index (χ2v) is 9.82. The quantitative estimate of drug-likeness (QED) is 0.196. The fraction of sp³-hybridized carbons (Fsp3) is 0.393. The van der Waals surface area contributed by atoms with Crippen molar-refractivity contribution in [3.8, 4) is 5.75 Å². The van der Waals surface area contributed by atoms with Crippen LogP contribution in [-0.2, 0) is 36.8 Å². The predicted molar refractivity (Wildman–Crippen MR) is 145 cm³/mol. The number of phenols is 1. The summed E-state index contributed by atoms with van der Waals surface area (Å²) in [5.74, 6) is -3.70. The van der Waals surface area contributed by atoms with Gasteiger partial charge in [0.2, 0.25) is 23.6 Å². The number of carbonyl (C=O) groups is 5. The van der Waals surface area contributed by atoms with Gasteiger partial charge in [0.25, 0.3) is 0 Å². The molecule has 0 aliphatic carbocycles. The van der Waals surface area contributed by atoms with E-state index < -0.39 is 53.8 Å². The zero-order chi connectivity index (χ0) is 29.2. The van der Waals surface area contributed by atoms with Crippen molar-refractivity contribution < 1.29 is 34.2 Å². The van der Waals surface area contributed by atoms with E-state index in [1.165, 1.54) is 17.0 Å². The molecule has 1 aliphatic rings. The van der Waals surface area contributed by atoms with Gasteiger partial charge in [0.15, 0.2) is 0 Å². The van der Waals surface area contributed by atoms with E-state index in [1.54, 1.807) is 12.1 Å². The van der Waals surface area contributed by atoms with Gasteiger partial charge in [0.05, 0.1) is 6.04 Å². The molecule has 2 aromatic rings. The van der Waals surface area contributed by atoms with Crippen LogP contribution < -0.4 is 22.1 Å². The van der Waals surface area contributed by atoms with Gasteiger partial charge in [-0.1, -0.05) is 42.5 Å². The maximum absolute atomic E-state index is 13.5. The van der Waals surface area contributed by atoms with Crippen molar-refractivity contribution in [2.24, 2.45) is 11.5 Å². The maximum Gasteiger partial charge on any atom is 0.326 e. The Morgan fingerprint density at radius 3 is 2.20 bits per heavy atom. The highest BCUT2D eigenvalue weighted by Gasteiger charge is 2.39. The number of carboxylic acid groups (broad SMARTS) is 1. The molecule has 1 heterocycles. The van der Waals surface area contributed by atoms with Gasteiger partial charge in [-0.15, -0.1) is 0 Å². The first-order valence-electron chi connectivity index (χ1n) is 13.0. The van der Waals surface area contributed by atoms with Crippen molar-refractivity contribution in [2.75, 3.05) is 6.54 Å². The van der Waals surface area contributed by atoms with E-state index in [-0.39, 0.29) is 38.0 Å². The van der Waals surface area contributed by atoms with Gasteiger partial charge in [-0.2, -0.15) is 0 Å². The average Bonchev–Trinajstić information content (AvgIpc) is 3.42. The van der Waals surface area contributed by atoms with Gasteiger partial charge in [-0.25, -0.2) is 4.79 Å². The Morgan fingerprint density at radius 2 is 1.57 bits per heavy atom. The molecule has 12 heteroatoms. The average molecular weight is 554 g/mol. The minimum atomic E-state index is -1.27. The smallest absolute Gasteiger partial charge is 0.326 e. The number of nitrogens with two attached hydrogens (primary N) is 2. The van der Waals surface area contributed by atoms with Gasteiger partial charge in [-0.3, -0.25) is 19.2 Å². The van der Waals surface area contributed by atoms with E-state index in [0.29, 0.717) is 18.4 Å². The molecule has 8 N–H and O–H groups in total. The Balaban J connectivity index is 1.69. The highest BCUT2D eigenvalue weighted by atomic mass is 16.4. The number of benzene rings is 2. The number of amides is 4. The summed E-state index contributed by atoms with van der Waals surface area (Å²) in [6.07, 6.45) is 0.732. The molecule has 0 spiro atoms. The predicted octanol–water partition coefficient (Wildman–Crippen LogP) is -0.185. The van der Waals surface area contributed by atoms with Crippen molar-refractivity contribution in [3.63, 3.8) is 0 Å². The monoisotopic (exact) mass is 553 g/mol. The van der Waals surface area contributed by atoms with Crippen LogP contribution in [0, 0.1) is 0 Å². The van der Waals surface area contributed by atoms with Crippen LogP contribution in [0.2, 0.25) is 0 Å². The van der Waals surface area contributed by atoms with E-state index in [2.05, 4.69) is 10.6 Å². The van der Waals surface area contributed by atoms with E-state index in [9.17, 15) is 34.2 Å². The highest BCUT2D eigenvalue weighted by Crippen LogP contribution is 2.21. The van der Waals surface area contributed by atoms with E-state index in [0.717, 1.165) is 5.56 Å². The Morgan fingerprint density at radius 1 is 0.925 bits per heavy atom. The first-order valence-corrected chi connectivity index (χ1v) is 13.0. The third-order valence-electron chi connectivity index (χ3n) is 6.76. The lowest BCUT2D eigenvalue weighted by Crippen LogP contribution is -2.57. The number of hydrogen-bond donors (Lipinski definition) is 6. The van der Waals surface area contributed by atoms with E-state index >= 15 is 0 Å². The number of carbonyl (C=O) groups excluding carboxylic acids is 4. The van der Waals surface area contributed by atoms with Gasteiger partial charge in [-0.05, 0) is 48.9 Å². The van der Waals surface area contributed by atoms with Gasteiger partial charge in [0, 0.05) is 19.4 Å². The topological polar surface area (TPSA) is 205 Å². The first kappa shape index (κ1) is 30.1. The van der Waals surface area contributed by atoms with Gasteiger partial charge < -0.3 is 37.2 Å². The molecule has 0 bridgehead atoms. The molecular formula is C28H35N5O7. The first-order chi connectivity index (χ1) is 19.0. The molecule has 1 aliphatic heterocycles. The minimum absolute atomic E-state index is 0.0266. The molecule has 0 radical (unpaired) electrons. The van der Waals surface area contributed by atoms with Crippen LogP contribution in [0.5, 0.6) is 5.75 Å². The lowest BCUT2D eigenvalue weighted by molar-refractivity contribution is -0.145. The maximum atomic E-state index is 13.5. The number of nitrogens with zero attached hydrogens (tertiary/aromatic N) is 1. The van der Waals surface area contributed by atoms with Crippen LogP contribution in [0.3, 0.4) is 0 Å². The summed E-state index contributed by atoms with van der Waals surface area (Å²) in [7, 11) is 0. The molecule has 40 heavy (non-hydrogen) atoms. The van der Waals surface area contributed by atoms with Crippen LogP contribution in [0.4, 0.5) is 0 Å². The third kappa shape index (κ3) is 8.53.